The largest absolute Gasteiger partial charge is 0.466 e. The number of hydrogen-bond donors (Lipinski definition) is 3. The van der Waals surface area contributed by atoms with Crippen molar-refractivity contribution in [2.24, 2.45) is 0 Å². The fourth-order valence-electron chi connectivity index (χ4n) is 10.9. The minimum absolute atomic E-state index is 0.0200. The van der Waals surface area contributed by atoms with E-state index in [4.69, 9.17) is 4.74 Å². The van der Waals surface area contributed by atoms with Crippen LogP contribution in [0.25, 0.3) is 0 Å². The summed E-state index contributed by atoms with van der Waals surface area (Å²) in [7, 11) is 0. The van der Waals surface area contributed by atoms with Crippen molar-refractivity contribution >= 4 is 11.9 Å². The highest BCUT2D eigenvalue weighted by atomic mass is 16.5. The Morgan fingerprint density at radius 2 is 0.622 bits per heavy atom. The molecule has 0 aliphatic carbocycles. The van der Waals surface area contributed by atoms with E-state index in [1.165, 1.54) is 321 Å². The van der Waals surface area contributed by atoms with Crippen LogP contribution in [0, 0.1) is 0 Å². The van der Waals surface area contributed by atoms with Crippen molar-refractivity contribution in [3.63, 3.8) is 0 Å². The molecule has 0 aliphatic heterocycles. The van der Waals surface area contributed by atoms with Gasteiger partial charge in [0, 0.05) is 12.8 Å². The lowest BCUT2D eigenvalue weighted by atomic mass is 10.0. The van der Waals surface area contributed by atoms with Gasteiger partial charge in [-0.3, -0.25) is 9.59 Å². The highest BCUT2D eigenvalue weighted by molar-refractivity contribution is 5.76. The lowest BCUT2D eigenvalue weighted by Gasteiger charge is -2.20. The van der Waals surface area contributed by atoms with Crippen molar-refractivity contribution in [3.05, 3.63) is 12.2 Å². The van der Waals surface area contributed by atoms with Crippen LogP contribution in [0.1, 0.15) is 386 Å². The number of aliphatic hydroxyl groups is 2. The Hall–Kier alpha value is -1.40. The zero-order chi connectivity index (χ0) is 53.6. The maximum Gasteiger partial charge on any atom is 0.305 e. The summed E-state index contributed by atoms with van der Waals surface area (Å²) in [6.45, 7) is 4.94. The Morgan fingerprint density at radius 3 is 0.919 bits per heavy atom. The molecule has 440 valence electrons. The molecule has 0 heterocycles. The number of carbonyl (C=O) groups is 2. The second kappa shape index (κ2) is 64.1. The molecule has 6 nitrogen and oxygen atoms in total. The highest BCUT2D eigenvalue weighted by Crippen LogP contribution is 2.19. The molecule has 6 heteroatoms. The van der Waals surface area contributed by atoms with Gasteiger partial charge in [-0.2, -0.15) is 0 Å². The average molecular weight is 1040 g/mol. The highest BCUT2D eigenvalue weighted by Gasteiger charge is 2.18. The van der Waals surface area contributed by atoms with Crippen LogP contribution in [-0.2, 0) is 14.3 Å². The maximum atomic E-state index is 12.5. The molecule has 0 aromatic rings. The molecule has 74 heavy (non-hydrogen) atoms. The summed E-state index contributed by atoms with van der Waals surface area (Å²) in [6.07, 6.45) is 78.5. The summed E-state index contributed by atoms with van der Waals surface area (Å²) >= 11 is 0. The van der Waals surface area contributed by atoms with Crippen molar-refractivity contribution in [1.29, 1.82) is 0 Å². The molecule has 0 fully saturated rings. The van der Waals surface area contributed by atoms with E-state index in [1.54, 1.807) is 6.08 Å². The van der Waals surface area contributed by atoms with Gasteiger partial charge in [-0.05, 0) is 32.1 Å². The minimum atomic E-state index is -0.842. The fourth-order valence-corrected chi connectivity index (χ4v) is 10.9. The Labute approximate surface area is 463 Å². The van der Waals surface area contributed by atoms with Crippen LogP contribution >= 0.6 is 0 Å². The number of esters is 1. The predicted molar refractivity (Wildman–Crippen MR) is 324 cm³/mol. The Morgan fingerprint density at radius 1 is 0.365 bits per heavy atom. The lowest BCUT2D eigenvalue weighted by Crippen LogP contribution is -2.45. The zero-order valence-electron chi connectivity index (χ0n) is 50.4. The van der Waals surface area contributed by atoms with Crippen LogP contribution < -0.4 is 5.32 Å². The number of unbranched alkanes of at least 4 members (excludes halogenated alkanes) is 53. The average Bonchev–Trinajstić information content (AvgIpc) is 3.40. The first-order valence-electron chi connectivity index (χ1n) is 34.0. The molecular weight excluding hydrogens is 911 g/mol. The number of rotatable bonds is 64. The van der Waals surface area contributed by atoms with Crippen LogP contribution in [0.3, 0.4) is 0 Å². The molecule has 0 aromatic heterocycles. The SMILES string of the molecule is CCCCCCCCCCCCCCCCC/C=C/C(O)C(CO)NC(=O)CCCCCCCCCCCCCCCCCCCCCCCCCCCCOC(=O)CCCCCCCCCCCCCCCC. The second-order valence-electron chi connectivity index (χ2n) is 23.5. The van der Waals surface area contributed by atoms with E-state index in [9.17, 15) is 19.8 Å². The van der Waals surface area contributed by atoms with Crippen molar-refractivity contribution in [1.82, 2.24) is 5.32 Å². The van der Waals surface area contributed by atoms with E-state index in [0.29, 0.717) is 19.4 Å². The van der Waals surface area contributed by atoms with Gasteiger partial charge >= 0.3 is 5.97 Å². The number of nitrogens with one attached hydrogen (secondary N) is 1. The van der Waals surface area contributed by atoms with Gasteiger partial charge in [0.1, 0.15) is 0 Å². The van der Waals surface area contributed by atoms with Crippen LogP contribution in [-0.4, -0.2) is 47.4 Å². The zero-order valence-corrected chi connectivity index (χ0v) is 50.4. The van der Waals surface area contributed by atoms with Crippen molar-refractivity contribution in [2.45, 2.75) is 398 Å². The number of hydrogen-bond acceptors (Lipinski definition) is 5. The summed E-state index contributed by atoms with van der Waals surface area (Å²) in [6, 6.07) is -0.625. The van der Waals surface area contributed by atoms with Gasteiger partial charge in [0.15, 0.2) is 0 Å². The summed E-state index contributed by atoms with van der Waals surface area (Å²) in [4.78, 5) is 24.6. The van der Waals surface area contributed by atoms with Gasteiger partial charge in [0.05, 0.1) is 25.4 Å². The molecule has 2 unspecified atom stereocenters. The number of ether oxygens (including phenoxy) is 1. The van der Waals surface area contributed by atoms with Gasteiger partial charge in [-0.15, -0.1) is 0 Å². The van der Waals surface area contributed by atoms with E-state index in [0.717, 1.165) is 38.5 Å². The van der Waals surface area contributed by atoms with E-state index in [-0.39, 0.29) is 18.5 Å². The third kappa shape index (κ3) is 59.8. The molecule has 2 atom stereocenters. The number of amides is 1. The van der Waals surface area contributed by atoms with Crippen molar-refractivity contribution in [3.8, 4) is 0 Å². The predicted octanol–water partition coefficient (Wildman–Crippen LogP) is 21.6. The van der Waals surface area contributed by atoms with Crippen molar-refractivity contribution < 1.29 is 24.5 Å². The molecule has 0 aromatic carbocycles. The maximum absolute atomic E-state index is 12.5. The molecule has 0 aliphatic rings. The third-order valence-corrected chi connectivity index (χ3v) is 16.1. The quantitative estimate of drug-likeness (QED) is 0.0320. The molecular formula is C68H133NO5. The molecule has 0 saturated heterocycles. The summed E-state index contributed by atoms with van der Waals surface area (Å²) in [5.41, 5.74) is 0. The molecule has 1 amide bonds. The topological polar surface area (TPSA) is 95.9 Å². The minimum Gasteiger partial charge on any atom is -0.466 e. The third-order valence-electron chi connectivity index (χ3n) is 16.1. The second-order valence-corrected chi connectivity index (χ2v) is 23.5. The van der Waals surface area contributed by atoms with E-state index >= 15 is 0 Å². The van der Waals surface area contributed by atoms with Crippen LogP contribution in [0.5, 0.6) is 0 Å². The number of allylic oxidation sites excluding steroid dienone is 1. The normalized spacial score (nSPS) is 12.5. The molecule has 3 N–H and O–H groups in total. The molecule has 0 saturated carbocycles. The van der Waals surface area contributed by atoms with Crippen LogP contribution in [0.2, 0.25) is 0 Å². The van der Waals surface area contributed by atoms with Gasteiger partial charge in [-0.25, -0.2) is 0 Å². The Kier molecular flexibility index (Phi) is 62.9. The monoisotopic (exact) mass is 1040 g/mol. The molecule has 0 spiro atoms. The standard InChI is InChI=1S/C68H133NO5/c1-3-5-7-9-11-13-15-17-19-30-33-36-40-44-48-52-56-60-66(71)65(64-70)69-67(72)61-57-53-49-45-41-37-34-31-28-26-24-22-20-21-23-25-27-29-32-35-39-43-47-51-55-59-63-74-68(73)62-58-54-50-46-42-38-18-16-14-12-10-8-6-4-2/h56,60,65-66,70-71H,3-55,57-59,61-64H2,1-2H3,(H,69,72)/b60-56+. The van der Waals surface area contributed by atoms with Gasteiger partial charge in [-0.1, -0.05) is 353 Å². The fraction of sp³-hybridized carbons (Fsp3) is 0.941. The van der Waals surface area contributed by atoms with E-state index < -0.39 is 12.1 Å². The van der Waals surface area contributed by atoms with Crippen LogP contribution in [0.15, 0.2) is 12.2 Å². The molecule has 0 bridgehead atoms. The summed E-state index contributed by atoms with van der Waals surface area (Å²) < 4.78 is 5.49. The molecule has 0 radical (unpaired) electrons. The van der Waals surface area contributed by atoms with Gasteiger partial charge < -0.3 is 20.3 Å². The summed E-state index contributed by atoms with van der Waals surface area (Å²) in [5.74, 6) is -0.0423. The Balaban J connectivity index is 3.36. The van der Waals surface area contributed by atoms with Crippen LogP contribution in [0.4, 0.5) is 0 Å². The first-order valence-corrected chi connectivity index (χ1v) is 34.0. The van der Waals surface area contributed by atoms with Crippen molar-refractivity contribution in [2.75, 3.05) is 13.2 Å². The Bertz CT molecular complexity index is 1110. The van der Waals surface area contributed by atoms with Gasteiger partial charge in [0.2, 0.25) is 5.91 Å². The number of aliphatic hydroxyl groups excluding tert-OH is 2. The first kappa shape index (κ1) is 72.6. The number of carbonyl (C=O) groups excluding carboxylic acids is 2. The summed E-state index contributed by atoms with van der Waals surface area (Å²) in [5, 5.41) is 23.2. The first-order chi connectivity index (χ1) is 36.5. The van der Waals surface area contributed by atoms with E-state index in [1.807, 2.05) is 6.08 Å². The molecule has 0 rings (SSSR count). The smallest absolute Gasteiger partial charge is 0.305 e. The lowest BCUT2D eigenvalue weighted by molar-refractivity contribution is -0.143. The van der Waals surface area contributed by atoms with Gasteiger partial charge in [0.25, 0.3) is 0 Å². The van der Waals surface area contributed by atoms with E-state index in [2.05, 4.69) is 19.2 Å².